The fraction of sp³-hybridized carbons (Fsp3) is 0.111. The Balaban J connectivity index is 1.64. The number of hydrogen-bond acceptors (Lipinski definition) is 6. The van der Waals surface area contributed by atoms with Crippen LogP contribution in [0.1, 0.15) is 16.1 Å². The van der Waals surface area contributed by atoms with Crippen molar-refractivity contribution in [3.05, 3.63) is 72.1 Å². The number of aromatic nitrogens is 3. The Kier molecular flexibility index (Phi) is 5.98. The number of hydroxylamine groups is 1. The molecule has 0 bridgehead atoms. The molecule has 0 saturated heterocycles. The van der Waals surface area contributed by atoms with Crippen molar-refractivity contribution in [2.45, 2.75) is 13.0 Å². The van der Waals surface area contributed by atoms with E-state index in [1.807, 2.05) is 0 Å². The lowest BCUT2D eigenvalue weighted by Gasteiger charge is -2.09. The summed E-state index contributed by atoms with van der Waals surface area (Å²) in [5.41, 5.74) is 2.76. The van der Waals surface area contributed by atoms with E-state index in [2.05, 4.69) is 25.2 Å². The van der Waals surface area contributed by atoms with Crippen molar-refractivity contribution in [2.24, 2.45) is 0 Å². The van der Waals surface area contributed by atoms with Crippen LogP contribution in [0, 0.1) is 5.82 Å². The van der Waals surface area contributed by atoms with Crippen LogP contribution in [0.5, 0.6) is 5.88 Å². The minimum Gasteiger partial charge on any atom is -0.388 e. The lowest BCUT2D eigenvalue weighted by Crippen LogP contribution is -2.25. The Morgan fingerprint density at radius 2 is 1.86 bits per heavy atom. The van der Waals surface area contributed by atoms with Gasteiger partial charge in [-0.1, -0.05) is 18.2 Å². The molecule has 1 amide bonds. The zero-order chi connectivity index (χ0) is 20.9. The summed E-state index contributed by atoms with van der Waals surface area (Å²) in [7, 11) is 0. The SMILES string of the molecule is O=C(NOCc1ccccc1F)c1cncc(-c2ccc(OC(F)(F)F)nc2)n1. The minimum atomic E-state index is -4.85. The molecule has 1 aromatic carbocycles. The number of amides is 1. The summed E-state index contributed by atoms with van der Waals surface area (Å²) in [5, 5.41) is 0. The number of carbonyl (C=O) groups excluding carboxylic acids is 1. The van der Waals surface area contributed by atoms with Gasteiger partial charge in [0.2, 0.25) is 5.88 Å². The molecule has 1 N–H and O–H groups in total. The fourth-order valence-electron chi connectivity index (χ4n) is 2.17. The van der Waals surface area contributed by atoms with E-state index >= 15 is 0 Å². The molecule has 0 radical (unpaired) electrons. The molecule has 150 valence electrons. The van der Waals surface area contributed by atoms with Gasteiger partial charge < -0.3 is 4.74 Å². The molecule has 0 aliphatic carbocycles. The highest BCUT2D eigenvalue weighted by atomic mass is 19.4. The quantitative estimate of drug-likeness (QED) is 0.497. The molecule has 29 heavy (non-hydrogen) atoms. The molecule has 7 nitrogen and oxygen atoms in total. The molecule has 0 aliphatic rings. The Hall–Kier alpha value is -3.60. The second kappa shape index (κ2) is 8.61. The van der Waals surface area contributed by atoms with Crippen LogP contribution in [-0.4, -0.2) is 27.2 Å². The van der Waals surface area contributed by atoms with Gasteiger partial charge in [0.1, 0.15) is 18.1 Å². The van der Waals surface area contributed by atoms with Gasteiger partial charge in [0.25, 0.3) is 5.91 Å². The van der Waals surface area contributed by atoms with Crippen LogP contribution in [-0.2, 0) is 11.4 Å². The first-order valence-corrected chi connectivity index (χ1v) is 8.01. The minimum absolute atomic E-state index is 0.119. The first kappa shape index (κ1) is 20.1. The summed E-state index contributed by atoms with van der Waals surface area (Å²) in [6.07, 6.45) is -1.28. The van der Waals surface area contributed by atoms with E-state index in [9.17, 15) is 22.4 Å². The van der Waals surface area contributed by atoms with E-state index in [1.54, 1.807) is 6.07 Å². The Morgan fingerprint density at radius 1 is 1.07 bits per heavy atom. The molecule has 11 heteroatoms. The van der Waals surface area contributed by atoms with Crippen LogP contribution < -0.4 is 10.2 Å². The largest absolute Gasteiger partial charge is 0.574 e. The number of pyridine rings is 1. The smallest absolute Gasteiger partial charge is 0.388 e. The summed E-state index contributed by atoms with van der Waals surface area (Å²) < 4.78 is 53.7. The Labute approximate surface area is 161 Å². The summed E-state index contributed by atoms with van der Waals surface area (Å²) in [6.45, 7) is -0.198. The van der Waals surface area contributed by atoms with E-state index in [1.165, 1.54) is 36.7 Å². The van der Waals surface area contributed by atoms with E-state index < -0.39 is 24.0 Å². The molecular formula is C18H12F4N4O3. The van der Waals surface area contributed by atoms with Gasteiger partial charge in [0, 0.05) is 23.4 Å². The van der Waals surface area contributed by atoms with Gasteiger partial charge >= 0.3 is 6.36 Å². The molecule has 3 rings (SSSR count). The molecule has 0 unspecified atom stereocenters. The number of carbonyl (C=O) groups is 1. The summed E-state index contributed by atoms with van der Waals surface area (Å²) in [4.78, 5) is 28.6. The van der Waals surface area contributed by atoms with Crippen LogP contribution in [0.3, 0.4) is 0 Å². The maximum atomic E-state index is 13.5. The van der Waals surface area contributed by atoms with Gasteiger partial charge in [-0.15, -0.1) is 13.2 Å². The van der Waals surface area contributed by atoms with Crippen LogP contribution >= 0.6 is 0 Å². The predicted octanol–water partition coefficient (Wildman–Crippen LogP) is 3.44. The van der Waals surface area contributed by atoms with Crippen LogP contribution in [0.15, 0.2) is 55.0 Å². The monoisotopic (exact) mass is 408 g/mol. The first-order chi connectivity index (χ1) is 13.8. The molecule has 2 aromatic heterocycles. The van der Waals surface area contributed by atoms with E-state index in [-0.39, 0.29) is 23.6 Å². The van der Waals surface area contributed by atoms with Gasteiger partial charge in [-0.2, -0.15) is 0 Å². The highest BCUT2D eigenvalue weighted by Gasteiger charge is 2.31. The third-order valence-corrected chi connectivity index (χ3v) is 3.47. The van der Waals surface area contributed by atoms with Gasteiger partial charge in [0.05, 0.1) is 18.1 Å². The number of rotatable bonds is 6. The molecular weight excluding hydrogens is 396 g/mol. The van der Waals surface area contributed by atoms with Crippen molar-refractivity contribution in [3.63, 3.8) is 0 Å². The molecule has 0 spiro atoms. The normalized spacial score (nSPS) is 11.2. The number of benzene rings is 1. The van der Waals surface area contributed by atoms with Crippen molar-refractivity contribution in [2.75, 3.05) is 0 Å². The second-order valence-electron chi connectivity index (χ2n) is 5.53. The van der Waals surface area contributed by atoms with E-state index in [0.29, 0.717) is 5.56 Å². The fourth-order valence-corrected chi connectivity index (χ4v) is 2.17. The van der Waals surface area contributed by atoms with Crippen molar-refractivity contribution in [3.8, 4) is 17.1 Å². The van der Waals surface area contributed by atoms with E-state index in [4.69, 9.17) is 4.84 Å². The average Bonchev–Trinajstić information content (AvgIpc) is 2.69. The molecule has 2 heterocycles. The first-order valence-electron chi connectivity index (χ1n) is 8.01. The maximum Gasteiger partial charge on any atom is 0.574 e. The van der Waals surface area contributed by atoms with Crippen LogP contribution in [0.4, 0.5) is 17.6 Å². The van der Waals surface area contributed by atoms with Crippen molar-refractivity contribution < 1.29 is 31.9 Å². The highest BCUT2D eigenvalue weighted by molar-refractivity contribution is 5.91. The lowest BCUT2D eigenvalue weighted by molar-refractivity contribution is -0.276. The van der Waals surface area contributed by atoms with Gasteiger partial charge in [-0.05, 0) is 12.1 Å². The maximum absolute atomic E-state index is 13.5. The highest BCUT2D eigenvalue weighted by Crippen LogP contribution is 2.23. The topological polar surface area (TPSA) is 86.2 Å². The summed E-state index contributed by atoms with van der Waals surface area (Å²) >= 11 is 0. The number of ether oxygens (including phenoxy) is 1. The van der Waals surface area contributed by atoms with Gasteiger partial charge in [0.15, 0.2) is 0 Å². The number of hydrogen-bond donors (Lipinski definition) is 1. The van der Waals surface area contributed by atoms with Gasteiger partial charge in [-0.3, -0.25) is 14.6 Å². The number of nitrogens with one attached hydrogen (secondary N) is 1. The third kappa shape index (κ3) is 5.69. The Morgan fingerprint density at radius 3 is 2.55 bits per heavy atom. The number of nitrogens with zero attached hydrogens (tertiary/aromatic N) is 3. The second-order valence-corrected chi connectivity index (χ2v) is 5.53. The number of halogens is 4. The third-order valence-electron chi connectivity index (χ3n) is 3.47. The lowest BCUT2D eigenvalue weighted by atomic mass is 10.2. The zero-order valence-electron chi connectivity index (χ0n) is 14.5. The zero-order valence-corrected chi connectivity index (χ0v) is 14.5. The van der Waals surface area contributed by atoms with Crippen molar-refractivity contribution in [1.29, 1.82) is 0 Å². The van der Waals surface area contributed by atoms with Crippen molar-refractivity contribution >= 4 is 5.91 Å². The molecule has 0 saturated carbocycles. The molecule has 0 fully saturated rings. The van der Waals surface area contributed by atoms with Crippen LogP contribution in [0.2, 0.25) is 0 Å². The Bertz CT molecular complexity index is 997. The van der Waals surface area contributed by atoms with E-state index in [0.717, 1.165) is 12.3 Å². The molecule has 3 aromatic rings. The number of alkyl halides is 3. The summed E-state index contributed by atoms with van der Waals surface area (Å²) in [6, 6.07) is 8.20. The molecule has 0 atom stereocenters. The average molecular weight is 408 g/mol. The predicted molar refractivity (Wildman–Crippen MR) is 90.6 cm³/mol. The summed E-state index contributed by atoms with van der Waals surface area (Å²) in [5.74, 6) is -1.85. The molecule has 0 aliphatic heterocycles. The van der Waals surface area contributed by atoms with Gasteiger partial charge in [-0.25, -0.2) is 19.8 Å². The van der Waals surface area contributed by atoms with Crippen molar-refractivity contribution in [1.82, 2.24) is 20.4 Å². The standard InChI is InChI=1S/C18H12F4N4O3/c19-13-4-2-1-3-12(13)10-28-26-17(27)15-9-23-8-14(25-15)11-5-6-16(24-7-11)29-18(20,21)22/h1-9H,10H2,(H,26,27). The van der Waals surface area contributed by atoms with Crippen LogP contribution in [0.25, 0.3) is 11.3 Å².